The Bertz CT molecular complexity index is 2380. The van der Waals surface area contributed by atoms with Crippen molar-refractivity contribution in [2.24, 2.45) is 0 Å². The molecule has 24 nitrogen and oxygen atoms in total. The van der Waals surface area contributed by atoms with Crippen LogP contribution in [0.2, 0.25) is 0 Å². The van der Waals surface area contributed by atoms with E-state index in [2.05, 4.69) is 87.1 Å². The molecule has 4 amide bonds. The van der Waals surface area contributed by atoms with E-state index in [4.69, 9.17) is 46.5 Å². The summed E-state index contributed by atoms with van der Waals surface area (Å²) in [5.74, 6) is -4.02. The Morgan fingerprint density at radius 2 is 0.643 bits per heavy atom. The van der Waals surface area contributed by atoms with Gasteiger partial charge in [-0.05, 0) is 104 Å². The average molecular weight is 1680 g/mol. The highest BCUT2D eigenvalue weighted by Gasteiger charge is 2.49. The lowest BCUT2D eigenvalue weighted by atomic mass is 10.1. The third-order valence-electron chi connectivity index (χ3n) is 20.5. The molecule has 8 atom stereocenters. The summed E-state index contributed by atoms with van der Waals surface area (Å²) in [6, 6.07) is -1.70. The van der Waals surface area contributed by atoms with Gasteiger partial charge in [0.25, 0.3) is 11.8 Å². The number of allylic oxidation sites excluding steroid dienone is 4. The predicted molar refractivity (Wildman–Crippen MR) is 460 cm³/mol. The molecular weight excluding hydrogens is 1510 g/mol. The molecule has 3 unspecified atom stereocenters. The zero-order valence-corrected chi connectivity index (χ0v) is 75.5. The van der Waals surface area contributed by atoms with Gasteiger partial charge >= 0.3 is 27.6 Å². The molecule has 1 aliphatic rings. The van der Waals surface area contributed by atoms with Crippen LogP contribution >= 0.6 is 15.6 Å². The molecule has 0 radical (unpaired) electrons. The Morgan fingerprint density at radius 3 is 0.965 bits per heavy atom. The molecule has 0 aromatic heterocycles. The second kappa shape index (κ2) is 75.3. The van der Waals surface area contributed by atoms with Gasteiger partial charge in [-0.25, -0.2) is 9.13 Å². The number of amides is 4. The first kappa shape index (κ1) is 109. The number of carbonyl (C=O) groups excluding carboxylic acids is 6. The van der Waals surface area contributed by atoms with Gasteiger partial charge in [0, 0.05) is 51.6 Å². The van der Waals surface area contributed by atoms with Crippen LogP contribution in [0.4, 0.5) is 0 Å². The van der Waals surface area contributed by atoms with Crippen molar-refractivity contribution in [1.82, 2.24) is 21.3 Å². The molecule has 0 spiro atoms. The van der Waals surface area contributed by atoms with E-state index in [-0.39, 0.29) is 88.3 Å². The van der Waals surface area contributed by atoms with Gasteiger partial charge in [0.15, 0.2) is 18.0 Å². The van der Waals surface area contributed by atoms with Gasteiger partial charge in [0.2, 0.25) is 11.8 Å². The largest absolute Gasteiger partial charge is 0.472 e. The first-order chi connectivity index (χ1) is 55.6. The summed E-state index contributed by atoms with van der Waals surface area (Å²) >= 11 is 0. The van der Waals surface area contributed by atoms with Crippen LogP contribution < -0.4 is 21.3 Å². The Labute approximate surface area is 697 Å². The topological polar surface area (TPSA) is 317 Å². The maximum atomic E-state index is 13.6. The summed E-state index contributed by atoms with van der Waals surface area (Å²) in [5, 5.41) is 10.9. The lowest BCUT2D eigenvalue weighted by Crippen LogP contribution is -2.48. The lowest BCUT2D eigenvalue weighted by molar-refractivity contribution is -0.159. The van der Waals surface area contributed by atoms with E-state index in [1.54, 1.807) is 0 Å². The monoisotopic (exact) mass is 1680 g/mol. The molecule has 1 aliphatic heterocycles. The normalized spacial score (nSPS) is 16.3. The van der Waals surface area contributed by atoms with Gasteiger partial charge in [-0.2, -0.15) is 0 Å². The van der Waals surface area contributed by atoms with E-state index in [1.807, 2.05) is 0 Å². The van der Waals surface area contributed by atoms with E-state index in [0.29, 0.717) is 64.2 Å². The fraction of sp³-hybridized carbons (Fsp3) is 0.888. The zero-order valence-electron chi connectivity index (χ0n) is 73.7. The third kappa shape index (κ3) is 67.7. The molecule has 0 aliphatic carbocycles. The number of unbranched alkanes of at least 4 members (excludes halogenated alkanes) is 38. The van der Waals surface area contributed by atoms with Crippen LogP contribution in [0.25, 0.3) is 0 Å². The number of phosphoric ester groups is 2. The number of hydrogen-bond donors (Lipinski definition) is 6. The van der Waals surface area contributed by atoms with Crippen molar-refractivity contribution in [3.8, 4) is 0 Å². The average Bonchev–Trinajstić information content (AvgIpc) is 1.66. The summed E-state index contributed by atoms with van der Waals surface area (Å²) in [7, 11) is -9.60. The number of phosphoric acid groups is 2. The maximum absolute atomic E-state index is 13.6. The quantitative estimate of drug-likeness (QED) is 0.0143. The summed E-state index contributed by atoms with van der Waals surface area (Å²) in [6.45, 7) is 13.9. The number of esters is 2. The van der Waals surface area contributed by atoms with E-state index in [1.165, 1.54) is 155 Å². The van der Waals surface area contributed by atoms with Crippen molar-refractivity contribution in [3.63, 3.8) is 0 Å². The van der Waals surface area contributed by atoms with Crippen LogP contribution in [0.3, 0.4) is 0 Å². The van der Waals surface area contributed by atoms with E-state index in [0.717, 1.165) is 128 Å². The number of ether oxygens (including phenoxy) is 6. The van der Waals surface area contributed by atoms with Crippen LogP contribution in [0, 0.1) is 0 Å². The Balaban J connectivity index is 2.99. The van der Waals surface area contributed by atoms with Gasteiger partial charge in [-0.1, -0.05) is 284 Å². The van der Waals surface area contributed by atoms with E-state index in [9.17, 15) is 47.7 Å². The fourth-order valence-corrected chi connectivity index (χ4v) is 15.2. The molecule has 674 valence electrons. The van der Waals surface area contributed by atoms with E-state index < -0.39 is 84.0 Å². The lowest BCUT2D eigenvalue weighted by Gasteiger charge is -2.22. The standard InChI is InChI=1S/C89H168N4O20P2/c1-9-15-21-27-31-35-37-41-43-49-55-61-81(94)92-77(73-104-69-65-79(59-53-47-25-19-13-5)110-83(96)63-57-51-45-39-33-29-23-17-11-3)75-108-114(100,101)106-71-67-90-87(98)85-86(113-89(7,8)112-85)88(99)91-68-72-107-115(102,103)109-76-78(93-82(95)62-56-50-44-42-38-36-32-28-22-16-10-2)74-105-70-66-80(60-54-48-26-20-14-6)111-84(97)64-58-52-46-40-34-30-24-18-12-4/h39-40,45-46,77-80,85-86H,9-38,41-44,47-76H2,1-8H3,(H,90,98)(H,91,99)(H,92,94)(H,93,95)(H,100,101)(H,102,103)/b45-39-,46-40-/t77-,78?,79-,80-,85-,86+/m1/s1. The van der Waals surface area contributed by atoms with Crippen molar-refractivity contribution < 1.29 is 94.2 Å². The van der Waals surface area contributed by atoms with Crippen molar-refractivity contribution >= 4 is 51.2 Å². The molecule has 1 heterocycles. The van der Waals surface area contributed by atoms with Gasteiger partial charge in [-0.3, -0.25) is 46.9 Å². The molecule has 0 bridgehead atoms. The first-order valence-corrected chi connectivity index (χ1v) is 49.2. The van der Waals surface area contributed by atoms with Gasteiger partial charge in [-0.15, -0.1) is 0 Å². The molecule has 115 heavy (non-hydrogen) atoms. The fourth-order valence-electron chi connectivity index (χ4n) is 13.6. The summed E-state index contributed by atoms with van der Waals surface area (Å²) < 4.78 is 83.9. The molecule has 0 saturated carbocycles. The van der Waals surface area contributed by atoms with Crippen LogP contribution in [0.5, 0.6) is 0 Å². The molecule has 1 rings (SSSR count). The highest BCUT2D eigenvalue weighted by molar-refractivity contribution is 7.47. The smallest absolute Gasteiger partial charge is 0.462 e. The van der Waals surface area contributed by atoms with Crippen molar-refractivity contribution in [3.05, 3.63) is 24.3 Å². The Morgan fingerprint density at radius 1 is 0.357 bits per heavy atom. The second-order valence-corrected chi connectivity index (χ2v) is 35.0. The molecule has 26 heteroatoms. The molecular formula is C89H168N4O20P2. The minimum absolute atomic E-state index is 0.0681. The maximum Gasteiger partial charge on any atom is 0.472 e. The van der Waals surface area contributed by atoms with Crippen molar-refractivity contribution in [2.75, 3.05) is 65.9 Å². The first-order valence-electron chi connectivity index (χ1n) is 46.2. The van der Waals surface area contributed by atoms with Gasteiger partial charge < -0.3 is 59.5 Å². The number of nitrogens with one attached hydrogen (secondary N) is 4. The third-order valence-corrected chi connectivity index (χ3v) is 22.5. The van der Waals surface area contributed by atoms with Crippen LogP contribution in [0.15, 0.2) is 24.3 Å². The van der Waals surface area contributed by atoms with Gasteiger partial charge in [0.1, 0.15) is 12.2 Å². The summed E-state index contributed by atoms with van der Waals surface area (Å²) in [4.78, 5) is 102. The second-order valence-electron chi connectivity index (χ2n) is 32.1. The van der Waals surface area contributed by atoms with Gasteiger partial charge in [0.05, 0.1) is 64.9 Å². The van der Waals surface area contributed by atoms with Crippen LogP contribution in [-0.4, -0.2) is 154 Å². The van der Waals surface area contributed by atoms with Crippen molar-refractivity contribution in [1.29, 1.82) is 0 Å². The SMILES string of the molecule is CCCCCC/C=C\CCCC(=O)O[C@H](CCCCCCC)CCOCC(COP(=O)(O)OCCNC(=O)[C@H]1OC(C)(C)O[C@H]1C(=O)NCCOP(=O)(O)OC[C@@H](COCC[C@@H](CCCCCCC)OC(=O)CCC/C=C\CCCCCC)NC(=O)CCCCCCCCCCCCC)NC(=O)CCCCCCCCCCCCC. The molecule has 6 N–H and O–H groups in total. The molecule has 0 aromatic rings. The summed E-state index contributed by atoms with van der Waals surface area (Å²) in [5.41, 5.74) is 0. The molecule has 1 fully saturated rings. The van der Waals surface area contributed by atoms with Crippen LogP contribution in [-0.2, 0) is 84.4 Å². The highest BCUT2D eigenvalue weighted by Crippen LogP contribution is 2.44. The van der Waals surface area contributed by atoms with Crippen molar-refractivity contribution in [2.45, 2.75) is 444 Å². The zero-order chi connectivity index (χ0) is 84.4. The predicted octanol–water partition coefficient (Wildman–Crippen LogP) is 21.1. The van der Waals surface area contributed by atoms with E-state index >= 15 is 0 Å². The minimum atomic E-state index is -4.80. The highest BCUT2D eigenvalue weighted by atomic mass is 31.2. The summed E-state index contributed by atoms with van der Waals surface area (Å²) in [6.07, 6.45) is 58.6. The number of hydrogen-bond acceptors (Lipinski definition) is 18. The molecule has 1 saturated heterocycles. The minimum Gasteiger partial charge on any atom is -0.462 e. The Hall–Kier alpha value is -3.64. The van der Waals surface area contributed by atoms with Crippen LogP contribution in [0.1, 0.15) is 402 Å². The number of carbonyl (C=O) groups is 6. The number of rotatable bonds is 84. The Kier molecular flexibility index (Phi) is 71.6. The molecule has 0 aromatic carbocycles.